The maximum atomic E-state index is 13.0. The van der Waals surface area contributed by atoms with Crippen molar-refractivity contribution in [1.29, 1.82) is 0 Å². The largest absolute Gasteiger partial charge is 0.382 e. The minimum absolute atomic E-state index is 0.0775. The van der Waals surface area contributed by atoms with Crippen LogP contribution in [0.1, 0.15) is 37.0 Å². The number of sulfonamides is 1. The Kier molecular flexibility index (Phi) is 6.82. The van der Waals surface area contributed by atoms with Gasteiger partial charge in [0.25, 0.3) is 5.91 Å². The minimum atomic E-state index is -3.20. The Balaban J connectivity index is 1.48. The zero-order chi connectivity index (χ0) is 23.6. The number of nitrogens with zero attached hydrogens (tertiary/aromatic N) is 3. The van der Waals surface area contributed by atoms with Gasteiger partial charge in [-0.25, -0.2) is 22.7 Å². The first-order valence-corrected chi connectivity index (χ1v) is 13.5. The summed E-state index contributed by atoms with van der Waals surface area (Å²) in [7, 11) is -3.20. The summed E-state index contributed by atoms with van der Waals surface area (Å²) in [5.74, 6) is 0.404. The molecule has 0 spiro atoms. The Morgan fingerprint density at radius 2 is 1.94 bits per heavy atom. The second kappa shape index (κ2) is 9.62. The molecule has 4 rings (SSSR count). The number of hydrogen-bond donors (Lipinski definition) is 3. The number of anilines is 3. The van der Waals surface area contributed by atoms with Crippen LogP contribution in [0, 0.1) is 0 Å². The maximum Gasteiger partial charge on any atom is 0.255 e. The molecule has 1 saturated heterocycles. The van der Waals surface area contributed by atoms with E-state index in [1.165, 1.54) is 10.6 Å². The smallest absolute Gasteiger partial charge is 0.255 e. The summed E-state index contributed by atoms with van der Waals surface area (Å²) in [4.78, 5) is 21.8. The first-order valence-electron chi connectivity index (χ1n) is 10.8. The minimum Gasteiger partial charge on any atom is -0.382 e. The molecule has 11 heteroatoms. The van der Waals surface area contributed by atoms with Crippen LogP contribution >= 0.6 is 11.3 Å². The number of amides is 1. The molecule has 0 unspecified atom stereocenters. The number of fused-ring (bicyclic) bond motifs is 1. The number of hydrogen-bond acceptors (Lipinski definition) is 8. The van der Waals surface area contributed by atoms with Crippen LogP contribution in [0.2, 0.25) is 0 Å². The van der Waals surface area contributed by atoms with Gasteiger partial charge in [0.2, 0.25) is 10.0 Å². The first-order chi connectivity index (χ1) is 15.7. The number of carbonyl (C=O) groups is 1. The fraction of sp³-hybridized carbons (Fsp3) is 0.409. The molecule has 176 valence electrons. The average Bonchev–Trinajstić information content (AvgIpc) is 3.21. The number of aromatic nitrogens is 2. The van der Waals surface area contributed by atoms with Crippen molar-refractivity contribution in [3.05, 3.63) is 41.5 Å². The van der Waals surface area contributed by atoms with Crippen LogP contribution in [0.25, 0.3) is 10.2 Å². The van der Waals surface area contributed by atoms with E-state index in [9.17, 15) is 13.2 Å². The van der Waals surface area contributed by atoms with Crippen LogP contribution < -0.4 is 16.0 Å². The number of pyridine rings is 1. The molecule has 0 atom stereocenters. The summed E-state index contributed by atoms with van der Waals surface area (Å²) in [5, 5.41) is 9.67. The van der Waals surface area contributed by atoms with Crippen molar-refractivity contribution in [3.63, 3.8) is 0 Å². The molecule has 0 saturated carbocycles. The molecule has 2 aromatic heterocycles. The third kappa shape index (κ3) is 5.79. The van der Waals surface area contributed by atoms with Crippen molar-refractivity contribution in [1.82, 2.24) is 19.6 Å². The summed E-state index contributed by atoms with van der Waals surface area (Å²) in [6, 6.07) is 7.80. The van der Waals surface area contributed by atoms with Crippen LogP contribution in [-0.2, 0) is 10.0 Å². The Bertz CT molecular complexity index is 1250. The lowest BCUT2D eigenvalue weighted by Crippen LogP contribution is -2.46. The second-order valence-corrected chi connectivity index (χ2v) is 11.4. The molecule has 1 aromatic carbocycles. The average molecular weight is 489 g/mol. The van der Waals surface area contributed by atoms with Gasteiger partial charge in [0.05, 0.1) is 33.2 Å². The van der Waals surface area contributed by atoms with Gasteiger partial charge in [-0.05, 0) is 44.9 Å². The van der Waals surface area contributed by atoms with Crippen molar-refractivity contribution in [2.24, 2.45) is 0 Å². The fourth-order valence-corrected chi connectivity index (χ4v) is 5.40. The molecule has 33 heavy (non-hydrogen) atoms. The lowest BCUT2D eigenvalue weighted by molar-refractivity contribution is 0.0924. The van der Waals surface area contributed by atoms with E-state index in [0.717, 1.165) is 15.9 Å². The molecule has 3 N–H and O–H groups in total. The summed E-state index contributed by atoms with van der Waals surface area (Å²) in [5.41, 5.74) is 4.81. The van der Waals surface area contributed by atoms with Gasteiger partial charge < -0.3 is 16.0 Å². The number of nitrogens with one attached hydrogen (secondary N) is 3. The number of rotatable bonds is 7. The molecule has 0 aliphatic carbocycles. The Hall–Kier alpha value is -2.76. The number of thiazole rings is 1. The van der Waals surface area contributed by atoms with E-state index >= 15 is 0 Å². The summed E-state index contributed by atoms with van der Waals surface area (Å²) in [6.45, 7) is 4.83. The molecule has 1 aliphatic rings. The second-order valence-electron chi connectivity index (χ2n) is 8.48. The summed E-state index contributed by atoms with van der Waals surface area (Å²) >= 11 is 1.57. The molecule has 1 fully saturated rings. The lowest BCUT2D eigenvalue weighted by atomic mass is 10.1. The van der Waals surface area contributed by atoms with E-state index in [4.69, 9.17) is 0 Å². The fourth-order valence-electron chi connectivity index (χ4n) is 3.81. The van der Waals surface area contributed by atoms with E-state index in [0.29, 0.717) is 43.0 Å². The highest BCUT2D eigenvalue weighted by molar-refractivity contribution is 7.88. The van der Waals surface area contributed by atoms with Crippen molar-refractivity contribution >= 4 is 54.7 Å². The van der Waals surface area contributed by atoms with Gasteiger partial charge in [-0.2, -0.15) is 0 Å². The zero-order valence-corrected chi connectivity index (χ0v) is 20.5. The molecule has 1 amide bonds. The number of benzene rings is 1. The molecular formula is C22H28N6O3S2. The van der Waals surface area contributed by atoms with E-state index < -0.39 is 10.0 Å². The third-order valence-electron chi connectivity index (χ3n) is 5.45. The van der Waals surface area contributed by atoms with Crippen molar-refractivity contribution in [2.75, 3.05) is 30.0 Å². The van der Waals surface area contributed by atoms with Crippen LogP contribution in [0.5, 0.6) is 0 Å². The molecule has 0 radical (unpaired) electrons. The SMILES string of the molecule is CC(C)Nc1cc(Nc2ccc3ncsc3c2)ncc1C(=O)NC1CCN(S(C)(=O)=O)CC1. The van der Waals surface area contributed by atoms with Gasteiger partial charge in [0, 0.05) is 43.1 Å². The maximum absolute atomic E-state index is 13.0. The molecule has 9 nitrogen and oxygen atoms in total. The number of carbonyl (C=O) groups excluding carboxylic acids is 1. The summed E-state index contributed by atoms with van der Waals surface area (Å²) < 4.78 is 26.0. The highest BCUT2D eigenvalue weighted by Gasteiger charge is 2.26. The predicted molar refractivity (Wildman–Crippen MR) is 133 cm³/mol. The van der Waals surface area contributed by atoms with Crippen LogP contribution in [0.3, 0.4) is 0 Å². The van der Waals surface area contributed by atoms with E-state index in [1.807, 2.05) is 43.6 Å². The van der Waals surface area contributed by atoms with Crippen molar-refractivity contribution < 1.29 is 13.2 Å². The van der Waals surface area contributed by atoms with Gasteiger partial charge in [-0.3, -0.25) is 4.79 Å². The molecule has 3 heterocycles. The van der Waals surface area contributed by atoms with Crippen LogP contribution in [0.4, 0.5) is 17.2 Å². The van der Waals surface area contributed by atoms with Crippen LogP contribution in [0.15, 0.2) is 36.0 Å². The van der Waals surface area contributed by atoms with Gasteiger partial charge in [-0.1, -0.05) is 0 Å². The molecule has 0 bridgehead atoms. The van der Waals surface area contributed by atoms with Gasteiger partial charge in [0.1, 0.15) is 5.82 Å². The Labute approximate surface area is 197 Å². The van der Waals surface area contributed by atoms with Gasteiger partial charge in [-0.15, -0.1) is 11.3 Å². The number of piperidine rings is 1. The predicted octanol–water partition coefficient (Wildman–Crippen LogP) is 3.41. The standard InChI is InChI=1S/C22H28N6O3S2/c1-14(2)25-19-11-21(26-16-4-5-18-20(10-16)32-13-24-18)23-12-17(19)22(29)27-15-6-8-28(9-7-15)33(3,30)31/h4-5,10-15H,6-9H2,1-3H3,(H,27,29)(H2,23,25,26). The summed E-state index contributed by atoms with van der Waals surface area (Å²) in [6.07, 6.45) is 3.95. The quantitative estimate of drug-likeness (QED) is 0.467. The highest BCUT2D eigenvalue weighted by Crippen LogP contribution is 2.26. The lowest BCUT2D eigenvalue weighted by Gasteiger charge is -2.30. The Morgan fingerprint density at radius 3 is 2.64 bits per heavy atom. The van der Waals surface area contributed by atoms with Gasteiger partial charge in [0.15, 0.2) is 0 Å². The molecule has 3 aromatic rings. The van der Waals surface area contributed by atoms with Crippen molar-refractivity contribution in [2.45, 2.75) is 38.8 Å². The van der Waals surface area contributed by atoms with Crippen LogP contribution in [-0.4, -0.2) is 60.0 Å². The van der Waals surface area contributed by atoms with E-state index in [2.05, 4.69) is 25.9 Å². The van der Waals surface area contributed by atoms with Gasteiger partial charge >= 0.3 is 0 Å². The zero-order valence-electron chi connectivity index (χ0n) is 18.8. The Morgan fingerprint density at radius 1 is 1.18 bits per heavy atom. The highest BCUT2D eigenvalue weighted by atomic mass is 32.2. The van der Waals surface area contributed by atoms with E-state index in [-0.39, 0.29) is 18.0 Å². The monoisotopic (exact) mass is 488 g/mol. The molecular weight excluding hydrogens is 460 g/mol. The van der Waals surface area contributed by atoms with Crippen molar-refractivity contribution in [3.8, 4) is 0 Å². The topological polar surface area (TPSA) is 116 Å². The molecule has 1 aliphatic heterocycles. The third-order valence-corrected chi connectivity index (χ3v) is 7.55. The normalized spacial score (nSPS) is 15.6. The first kappa shape index (κ1) is 23.4. The van der Waals surface area contributed by atoms with E-state index in [1.54, 1.807) is 17.5 Å².